The molecule has 0 aromatic heterocycles. The average molecular weight is 593 g/mol. The number of aliphatic hydroxyl groups excluding tert-OH is 3. The first-order chi connectivity index (χ1) is 20.2. The third kappa shape index (κ3) is 29.3. The SMILES string of the molecule is CCCCC[C@H](O)/C=C/C=C\C/C=C\C=C\[C@H](O)CCCC(=O)OC[C@@H](O)COC(=O)CCCCCCCCC(C)C. The van der Waals surface area contributed by atoms with Gasteiger partial charge in [0.25, 0.3) is 0 Å². The Kier molecular flexibility index (Phi) is 27.4. The molecule has 0 aliphatic rings. The van der Waals surface area contributed by atoms with Gasteiger partial charge in [-0.05, 0) is 38.0 Å². The number of carbonyl (C=O) groups excluding carboxylic acids is 2. The summed E-state index contributed by atoms with van der Waals surface area (Å²) >= 11 is 0. The van der Waals surface area contributed by atoms with Crippen LogP contribution in [0, 0.1) is 5.92 Å². The van der Waals surface area contributed by atoms with Crippen LogP contribution < -0.4 is 0 Å². The molecule has 0 aliphatic carbocycles. The van der Waals surface area contributed by atoms with Crippen LogP contribution in [0.2, 0.25) is 0 Å². The summed E-state index contributed by atoms with van der Waals surface area (Å²) in [6.07, 6.45) is 26.8. The Labute approximate surface area is 255 Å². The highest BCUT2D eigenvalue weighted by Gasteiger charge is 2.12. The highest BCUT2D eigenvalue weighted by Crippen LogP contribution is 2.12. The van der Waals surface area contributed by atoms with E-state index in [1.807, 2.05) is 30.4 Å². The minimum atomic E-state index is -1.05. The highest BCUT2D eigenvalue weighted by atomic mass is 16.6. The van der Waals surface area contributed by atoms with Gasteiger partial charge in [0.2, 0.25) is 0 Å². The van der Waals surface area contributed by atoms with Crippen LogP contribution in [0.25, 0.3) is 0 Å². The topological polar surface area (TPSA) is 113 Å². The van der Waals surface area contributed by atoms with Crippen molar-refractivity contribution in [2.24, 2.45) is 5.92 Å². The number of hydrogen-bond donors (Lipinski definition) is 3. The fourth-order valence-corrected chi connectivity index (χ4v) is 4.13. The highest BCUT2D eigenvalue weighted by molar-refractivity contribution is 5.69. The predicted molar refractivity (Wildman–Crippen MR) is 171 cm³/mol. The lowest BCUT2D eigenvalue weighted by molar-refractivity contribution is -0.152. The number of rotatable bonds is 27. The predicted octanol–water partition coefficient (Wildman–Crippen LogP) is 7.30. The number of allylic oxidation sites excluding steroid dienone is 6. The first kappa shape index (κ1) is 39.8. The van der Waals surface area contributed by atoms with Crippen LogP contribution in [0.3, 0.4) is 0 Å². The maximum Gasteiger partial charge on any atom is 0.305 e. The zero-order chi connectivity index (χ0) is 31.3. The number of carbonyl (C=O) groups is 2. The van der Waals surface area contributed by atoms with Crippen molar-refractivity contribution in [3.05, 3.63) is 48.6 Å². The second-order valence-corrected chi connectivity index (χ2v) is 11.5. The Morgan fingerprint density at radius 1 is 0.619 bits per heavy atom. The molecule has 0 heterocycles. The summed E-state index contributed by atoms with van der Waals surface area (Å²) < 4.78 is 10.1. The molecule has 0 aromatic rings. The molecule has 7 heteroatoms. The van der Waals surface area contributed by atoms with E-state index in [9.17, 15) is 24.9 Å². The van der Waals surface area contributed by atoms with Gasteiger partial charge in [-0.25, -0.2) is 0 Å². The van der Waals surface area contributed by atoms with E-state index in [0.29, 0.717) is 19.3 Å². The van der Waals surface area contributed by atoms with E-state index in [1.54, 1.807) is 18.2 Å². The monoisotopic (exact) mass is 592 g/mol. The molecule has 3 atom stereocenters. The van der Waals surface area contributed by atoms with Gasteiger partial charge in [-0.15, -0.1) is 0 Å². The van der Waals surface area contributed by atoms with Gasteiger partial charge < -0.3 is 24.8 Å². The molecular weight excluding hydrogens is 532 g/mol. The van der Waals surface area contributed by atoms with Crippen molar-refractivity contribution in [3.63, 3.8) is 0 Å². The molecule has 0 amide bonds. The van der Waals surface area contributed by atoms with Gasteiger partial charge in [0.05, 0.1) is 12.2 Å². The molecule has 42 heavy (non-hydrogen) atoms. The summed E-state index contributed by atoms with van der Waals surface area (Å²) in [4.78, 5) is 23.7. The lowest BCUT2D eigenvalue weighted by Crippen LogP contribution is -2.25. The molecule has 0 saturated carbocycles. The van der Waals surface area contributed by atoms with Crippen molar-refractivity contribution < 1.29 is 34.4 Å². The van der Waals surface area contributed by atoms with Crippen LogP contribution in [0.15, 0.2) is 48.6 Å². The Morgan fingerprint density at radius 2 is 1.10 bits per heavy atom. The van der Waals surface area contributed by atoms with Crippen molar-refractivity contribution in [2.45, 2.75) is 142 Å². The van der Waals surface area contributed by atoms with Crippen LogP contribution >= 0.6 is 0 Å². The van der Waals surface area contributed by atoms with Gasteiger partial charge in [-0.3, -0.25) is 9.59 Å². The summed E-state index contributed by atoms with van der Waals surface area (Å²) in [6, 6.07) is 0. The first-order valence-corrected chi connectivity index (χ1v) is 16.3. The molecule has 0 saturated heterocycles. The van der Waals surface area contributed by atoms with E-state index in [-0.39, 0.29) is 31.7 Å². The Morgan fingerprint density at radius 3 is 1.64 bits per heavy atom. The standard InChI is InChI=1S/C35H60O7/c1-4-5-15-22-31(36)23-17-12-7-6-8-13-18-24-32(37)25-20-27-35(40)42-29-33(38)28-41-34(39)26-19-14-10-9-11-16-21-30(2)3/h7-8,12-13,17-18,23-24,30-33,36-38H,4-6,9-11,14-16,19-22,25-29H2,1-3H3/b12-7-,13-8-,23-17+,24-18+/t31-,32-,33-/m0/s1. The van der Waals surface area contributed by atoms with E-state index >= 15 is 0 Å². The molecule has 0 fully saturated rings. The molecule has 0 spiro atoms. The van der Waals surface area contributed by atoms with Gasteiger partial charge in [-0.2, -0.15) is 0 Å². The van der Waals surface area contributed by atoms with E-state index in [2.05, 4.69) is 20.8 Å². The van der Waals surface area contributed by atoms with Crippen molar-refractivity contribution in [3.8, 4) is 0 Å². The summed E-state index contributed by atoms with van der Waals surface area (Å²) in [7, 11) is 0. The quantitative estimate of drug-likeness (QED) is 0.0521. The lowest BCUT2D eigenvalue weighted by Gasteiger charge is -2.12. The molecule has 0 aliphatic heterocycles. The molecule has 0 radical (unpaired) electrons. The number of aliphatic hydroxyl groups is 3. The molecular formula is C35H60O7. The van der Waals surface area contributed by atoms with Crippen LogP contribution in [0.4, 0.5) is 0 Å². The maximum absolute atomic E-state index is 11.9. The number of ether oxygens (including phenoxy) is 2. The van der Waals surface area contributed by atoms with Crippen molar-refractivity contribution in [2.75, 3.05) is 13.2 Å². The van der Waals surface area contributed by atoms with E-state index < -0.39 is 18.2 Å². The first-order valence-electron chi connectivity index (χ1n) is 16.3. The smallest absolute Gasteiger partial charge is 0.305 e. The number of unbranched alkanes of at least 4 members (excludes halogenated alkanes) is 7. The van der Waals surface area contributed by atoms with Gasteiger partial charge >= 0.3 is 11.9 Å². The minimum absolute atomic E-state index is 0.135. The molecule has 0 bridgehead atoms. The zero-order valence-corrected chi connectivity index (χ0v) is 26.6. The second kappa shape index (κ2) is 28.9. The molecule has 0 aromatic carbocycles. The Bertz CT molecular complexity index is 769. The van der Waals surface area contributed by atoms with Crippen molar-refractivity contribution >= 4 is 11.9 Å². The third-order valence-corrected chi connectivity index (χ3v) is 6.70. The number of hydrogen-bond acceptors (Lipinski definition) is 7. The average Bonchev–Trinajstić information content (AvgIpc) is 2.95. The van der Waals surface area contributed by atoms with Crippen molar-refractivity contribution in [1.82, 2.24) is 0 Å². The van der Waals surface area contributed by atoms with Gasteiger partial charge in [0.15, 0.2) is 0 Å². The molecule has 242 valence electrons. The van der Waals surface area contributed by atoms with E-state index in [0.717, 1.165) is 57.3 Å². The normalized spacial score (nSPS) is 14.5. The largest absolute Gasteiger partial charge is 0.463 e. The van der Waals surface area contributed by atoms with Crippen LogP contribution in [-0.4, -0.2) is 58.8 Å². The minimum Gasteiger partial charge on any atom is -0.463 e. The fourth-order valence-electron chi connectivity index (χ4n) is 4.13. The van der Waals surface area contributed by atoms with Gasteiger partial charge in [-0.1, -0.05) is 127 Å². The van der Waals surface area contributed by atoms with Crippen LogP contribution in [-0.2, 0) is 19.1 Å². The summed E-state index contributed by atoms with van der Waals surface area (Å²) in [5.41, 5.74) is 0. The zero-order valence-electron chi connectivity index (χ0n) is 26.6. The summed E-state index contributed by atoms with van der Waals surface area (Å²) in [5.74, 6) is -0.0388. The Hall–Kier alpha value is -2.22. The molecule has 0 unspecified atom stereocenters. The van der Waals surface area contributed by atoms with Gasteiger partial charge in [0.1, 0.15) is 19.3 Å². The van der Waals surface area contributed by atoms with Crippen LogP contribution in [0.1, 0.15) is 124 Å². The lowest BCUT2D eigenvalue weighted by atomic mass is 10.0. The van der Waals surface area contributed by atoms with Crippen LogP contribution in [0.5, 0.6) is 0 Å². The third-order valence-electron chi connectivity index (χ3n) is 6.70. The molecule has 7 nitrogen and oxygen atoms in total. The fraction of sp³-hybridized carbons (Fsp3) is 0.714. The molecule has 0 rings (SSSR count). The van der Waals surface area contributed by atoms with E-state index in [4.69, 9.17) is 9.47 Å². The summed E-state index contributed by atoms with van der Waals surface area (Å²) in [5, 5.41) is 29.8. The van der Waals surface area contributed by atoms with E-state index in [1.165, 1.54) is 25.7 Å². The second-order valence-electron chi connectivity index (χ2n) is 11.5. The Balaban J connectivity index is 3.79. The molecule has 3 N–H and O–H groups in total. The van der Waals surface area contributed by atoms with Crippen molar-refractivity contribution in [1.29, 1.82) is 0 Å². The number of esters is 2. The summed E-state index contributed by atoms with van der Waals surface area (Å²) in [6.45, 7) is 6.22. The maximum atomic E-state index is 11.9. The van der Waals surface area contributed by atoms with Gasteiger partial charge in [0, 0.05) is 12.8 Å².